The molecule has 3 heterocycles. The Bertz CT molecular complexity index is 7310. The van der Waals surface area contributed by atoms with Crippen molar-refractivity contribution in [1.29, 1.82) is 0 Å². The maximum atomic E-state index is 6.82. The number of hydrogen-bond donors (Lipinski definition) is 0. The molecule has 0 N–H and O–H groups in total. The van der Waals surface area contributed by atoms with Gasteiger partial charge in [0.1, 0.15) is 0 Å². The summed E-state index contributed by atoms with van der Waals surface area (Å²) < 4.78 is 20.1. The highest BCUT2D eigenvalue weighted by atomic mass is 16.5. The van der Waals surface area contributed by atoms with E-state index in [1.807, 2.05) is 12.1 Å². The van der Waals surface area contributed by atoms with Gasteiger partial charge in [0, 0.05) is 17.1 Å². The molecule has 0 saturated heterocycles. The van der Waals surface area contributed by atoms with Crippen molar-refractivity contribution in [2.24, 2.45) is 0 Å². The topological polar surface area (TPSA) is 37.4 Å². The first kappa shape index (κ1) is 73.4. The predicted octanol–water partition coefficient (Wildman–Crippen LogP) is 32.6. The van der Waals surface area contributed by atoms with Gasteiger partial charge in [-0.05, 0) is 300 Å². The fourth-order valence-electron chi connectivity index (χ4n) is 19.0. The van der Waals surface area contributed by atoms with Crippen molar-refractivity contribution in [2.75, 3.05) is 14.7 Å². The molecule has 6 nitrogen and oxygen atoms in total. The Morgan fingerprint density at radius 1 is 0.169 bits per heavy atom. The van der Waals surface area contributed by atoms with Gasteiger partial charge in [-0.1, -0.05) is 314 Å². The van der Waals surface area contributed by atoms with E-state index < -0.39 is 0 Å². The van der Waals surface area contributed by atoms with Gasteiger partial charge in [0.25, 0.3) is 0 Å². The number of fused-ring (bicyclic) bond motifs is 16. The van der Waals surface area contributed by atoms with Crippen molar-refractivity contribution in [3.63, 3.8) is 0 Å². The lowest BCUT2D eigenvalue weighted by atomic mass is 9.97. The highest BCUT2D eigenvalue weighted by Gasteiger charge is 2.33. The highest BCUT2D eigenvalue weighted by Crippen LogP contribution is 2.57. The largest absolute Gasteiger partial charge is 0.453 e. The Labute approximate surface area is 723 Å². The second-order valence-electron chi connectivity index (χ2n) is 33.3. The molecule has 6 heteroatoms. The molecule has 19 aromatic carbocycles. The summed E-state index contributed by atoms with van der Waals surface area (Å²) in [4.78, 5) is 6.94. The molecule has 0 bridgehead atoms. The van der Waals surface area contributed by atoms with Gasteiger partial charge in [0.05, 0.1) is 34.1 Å². The molecule has 0 radical (unpaired) electrons. The molecule has 0 spiro atoms. The number of ether oxygens (including phenoxy) is 3. The maximum Gasteiger partial charge on any atom is 0.152 e. The Morgan fingerprint density at radius 3 is 0.718 bits per heavy atom. The third kappa shape index (κ3) is 13.4. The van der Waals surface area contributed by atoms with Crippen LogP contribution in [-0.2, 0) is 19.3 Å². The van der Waals surface area contributed by atoms with Gasteiger partial charge in [-0.15, -0.1) is 0 Å². The van der Waals surface area contributed by atoms with Gasteiger partial charge >= 0.3 is 0 Å². The van der Waals surface area contributed by atoms with Crippen molar-refractivity contribution in [1.82, 2.24) is 0 Å². The molecule has 0 fully saturated rings. The van der Waals surface area contributed by atoms with E-state index in [1.54, 1.807) is 0 Å². The summed E-state index contributed by atoms with van der Waals surface area (Å²) in [6.07, 6.45) is 2.94. The molecule has 0 aromatic heterocycles. The maximum absolute atomic E-state index is 6.82. The van der Waals surface area contributed by atoms with Crippen LogP contribution in [0.5, 0.6) is 34.5 Å². The van der Waals surface area contributed by atoms with E-state index >= 15 is 0 Å². The molecule has 25 rings (SSSR count). The van der Waals surface area contributed by atoms with Crippen molar-refractivity contribution < 1.29 is 14.2 Å². The SMILES string of the molecule is Cc1ccc(N2c3ccc(-c4ccc5c(c4)Cc4ccccc4-5)cc3Oc3cc(-c4ccc5c(c4)Cc4ccccc4-5)ccc32)cc1.Cc1ccc(N2c3ccc(-c4ccccc4)cc3Oc3cc(-c4ccc5c(c4)Cc4ccccc4-5)ccc32)cc1.Cc1ccc(N2c3ccc(-c4ccccc4)cc3Oc3cc(-c4ccc5ccccc5c4)ccc32)cc1. The number of rotatable bonds is 9. The molecular weight excluding hydrogens is 1510 g/mol. The fourth-order valence-corrected chi connectivity index (χ4v) is 19.0. The Balaban J connectivity index is 0.000000108. The van der Waals surface area contributed by atoms with E-state index in [0.29, 0.717) is 0 Å². The van der Waals surface area contributed by atoms with E-state index in [1.165, 1.54) is 128 Å². The molecule has 124 heavy (non-hydrogen) atoms. The Hall–Kier alpha value is -15.8. The highest BCUT2D eigenvalue weighted by molar-refractivity contribution is 5.96. The zero-order chi connectivity index (χ0) is 82.5. The van der Waals surface area contributed by atoms with Crippen molar-refractivity contribution >= 4 is 62.0 Å². The minimum absolute atomic E-state index is 0.851. The summed E-state index contributed by atoms with van der Waals surface area (Å²) in [6.45, 7) is 6.37. The summed E-state index contributed by atoms with van der Waals surface area (Å²) in [7, 11) is 0. The summed E-state index contributed by atoms with van der Waals surface area (Å²) in [5.41, 5.74) is 43.8. The molecule has 0 atom stereocenters. The first-order valence-electron chi connectivity index (χ1n) is 42.8. The van der Waals surface area contributed by atoms with Gasteiger partial charge in [-0.25, -0.2) is 0 Å². The molecular formula is C118H83N3O3. The molecule has 6 aliphatic rings. The van der Waals surface area contributed by atoms with Gasteiger partial charge in [0.2, 0.25) is 0 Å². The Morgan fingerprint density at radius 2 is 0.403 bits per heavy atom. The van der Waals surface area contributed by atoms with Gasteiger partial charge in [-0.2, -0.15) is 0 Å². The molecule has 588 valence electrons. The van der Waals surface area contributed by atoms with Gasteiger partial charge in [-0.3, -0.25) is 0 Å². The van der Waals surface area contributed by atoms with E-state index in [0.717, 1.165) is 138 Å². The van der Waals surface area contributed by atoms with Crippen molar-refractivity contribution in [2.45, 2.75) is 40.0 Å². The summed E-state index contributed by atoms with van der Waals surface area (Å²) >= 11 is 0. The van der Waals surface area contributed by atoms with Crippen LogP contribution in [0.4, 0.5) is 51.2 Å². The number of hydrogen-bond acceptors (Lipinski definition) is 6. The summed E-state index contributed by atoms with van der Waals surface area (Å²) in [5, 5.41) is 2.48. The van der Waals surface area contributed by atoms with Crippen molar-refractivity contribution in [3.8, 4) is 135 Å². The second kappa shape index (κ2) is 30.5. The van der Waals surface area contributed by atoms with Crippen LogP contribution >= 0.6 is 0 Å². The van der Waals surface area contributed by atoms with Crippen LogP contribution in [-0.4, -0.2) is 0 Å². The molecule has 0 unspecified atom stereocenters. The van der Waals surface area contributed by atoms with Crippen LogP contribution in [0.1, 0.15) is 50.1 Å². The third-order valence-electron chi connectivity index (χ3n) is 25.4. The lowest BCUT2D eigenvalue weighted by molar-refractivity contribution is 0.477. The summed E-state index contributed by atoms with van der Waals surface area (Å²) in [6, 6.07) is 148. The fraction of sp³-hybridized carbons (Fsp3) is 0.0508. The lowest BCUT2D eigenvalue weighted by Crippen LogP contribution is -2.16. The number of aryl methyl sites for hydroxylation is 3. The van der Waals surface area contributed by atoms with E-state index in [2.05, 4.69) is 436 Å². The van der Waals surface area contributed by atoms with Crippen molar-refractivity contribution in [3.05, 3.63) is 463 Å². The first-order chi connectivity index (χ1) is 61.1. The van der Waals surface area contributed by atoms with Crippen LogP contribution in [0.15, 0.2) is 413 Å². The predicted molar refractivity (Wildman–Crippen MR) is 513 cm³/mol. The van der Waals surface area contributed by atoms with E-state index in [4.69, 9.17) is 14.2 Å². The quantitative estimate of drug-likeness (QED) is 0.143. The molecule has 0 saturated carbocycles. The average molecular weight is 1590 g/mol. The van der Waals surface area contributed by atoms with E-state index in [9.17, 15) is 0 Å². The smallest absolute Gasteiger partial charge is 0.152 e. The van der Waals surface area contributed by atoms with E-state index in [-0.39, 0.29) is 0 Å². The second-order valence-corrected chi connectivity index (χ2v) is 33.3. The number of anilines is 9. The lowest BCUT2D eigenvalue weighted by Gasteiger charge is -2.33. The Kier molecular flexibility index (Phi) is 18.0. The zero-order valence-electron chi connectivity index (χ0n) is 68.9. The first-order valence-corrected chi connectivity index (χ1v) is 42.8. The average Bonchev–Trinajstić information content (AvgIpc) is 0.990. The normalized spacial score (nSPS) is 12.7. The minimum atomic E-state index is 0.851. The minimum Gasteiger partial charge on any atom is -0.453 e. The molecule has 0 amide bonds. The number of nitrogens with zero attached hydrogens (tertiary/aromatic N) is 3. The molecule has 19 aromatic rings. The molecule has 3 aliphatic heterocycles. The van der Waals surface area contributed by atoms with Crippen LogP contribution in [0.2, 0.25) is 0 Å². The van der Waals surface area contributed by atoms with Gasteiger partial charge in [0.15, 0.2) is 34.5 Å². The van der Waals surface area contributed by atoms with Crippen LogP contribution in [0.3, 0.4) is 0 Å². The van der Waals surface area contributed by atoms with Crippen LogP contribution in [0, 0.1) is 20.8 Å². The van der Waals surface area contributed by atoms with Crippen LogP contribution < -0.4 is 28.9 Å². The summed E-state index contributed by atoms with van der Waals surface area (Å²) in [5.74, 6) is 5.14. The number of benzene rings is 19. The zero-order valence-corrected chi connectivity index (χ0v) is 68.9. The van der Waals surface area contributed by atoms with Crippen LogP contribution in [0.25, 0.3) is 111 Å². The third-order valence-corrected chi connectivity index (χ3v) is 25.4. The molecule has 3 aliphatic carbocycles. The monoisotopic (exact) mass is 1590 g/mol. The van der Waals surface area contributed by atoms with Gasteiger partial charge < -0.3 is 28.9 Å². The standard InChI is InChI=1S/C45H31NO.C38H27NO.C35H25NO/c1-28-10-16-37(17-11-28)46-42-20-14-31(29-12-18-40-35(22-29)24-33-6-2-4-8-38(33)40)26-44(42)47-45-27-32(15-21-43(45)46)30-13-19-41-36(23-30)25-34-7-3-5-9-39(34)41;1-25-11-16-32(17-12-25)39-35-19-14-28(26-7-3-2-4-8-26)23-37(35)40-38-24-29(15-20-36(38)39)27-13-18-34-31(21-27)22-30-9-5-6-10-33(30)34;1-24-11-17-31(18-12-24)36-32-19-15-29(25-7-3-2-4-8-25)22-34(32)37-35-23-30(16-20-33(35)36)28-14-13-26-9-5-6-10-27(26)21-28/h2-23,26-27H,24-25H2,1H3;2-21,23-24H,22H2,1H3;2-23H,1H3.